The lowest BCUT2D eigenvalue weighted by atomic mass is 9.97. The molecule has 0 heterocycles. The molecule has 0 bridgehead atoms. The van der Waals surface area contributed by atoms with E-state index in [4.69, 9.17) is 5.11 Å². The lowest BCUT2D eigenvalue weighted by Gasteiger charge is -2.14. The lowest BCUT2D eigenvalue weighted by Crippen LogP contribution is -2.29. The summed E-state index contributed by atoms with van der Waals surface area (Å²) in [6.45, 7) is 4.23. The van der Waals surface area contributed by atoms with Crippen LogP contribution in [-0.4, -0.2) is 23.5 Å². The van der Waals surface area contributed by atoms with Crippen LogP contribution in [0.3, 0.4) is 0 Å². The van der Waals surface area contributed by atoms with E-state index in [1.54, 1.807) is 0 Å². The van der Waals surface area contributed by atoms with Crippen LogP contribution in [-0.2, 0) is 9.59 Å². The molecule has 1 amide bonds. The van der Waals surface area contributed by atoms with E-state index >= 15 is 0 Å². The van der Waals surface area contributed by atoms with Crippen molar-refractivity contribution in [2.45, 2.75) is 32.6 Å². The Morgan fingerprint density at radius 2 is 1.79 bits per heavy atom. The van der Waals surface area contributed by atoms with Crippen molar-refractivity contribution in [1.29, 1.82) is 0 Å². The summed E-state index contributed by atoms with van der Waals surface area (Å²) in [6, 6.07) is 9.87. The number of benzene rings is 1. The van der Waals surface area contributed by atoms with Gasteiger partial charge in [-0.1, -0.05) is 44.2 Å². The maximum absolute atomic E-state index is 11.8. The Bertz CT molecular complexity index is 417. The average molecular weight is 263 g/mol. The Balaban J connectivity index is 2.33. The highest BCUT2D eigenvalue weighted by Crippen LogP contribution is 2.18. The molecule has 4 nitrogen and oxygen atoms in total. The Morgan fingerprint density at radius 3 is 2.37 bits per heavy atom. The van der Waals surface area contributed by atoms with Crippen LogP contribution < -0.4 is 5.32 Å². The quantitative estimate of drug-likeness (QED) is 0.794. The average Bonchev–Trinajstić information content (AvgIpc) is 2.36. The third kappa shape index (κ3) is 6.04. The molecule has 2 atom stereocenters. The van der Waals surface area contributed by atoms with Crippen LogP contribution in [0.5, 0.6) is 0 Å². The molecule has 0 aliphatic carbocycles. The first kappa shape index (κ1) is 15.2. The fourth-order valence-corrected chi connectivity index (χ4v) is 1.91. The number of hydrogen-bond donors (Lipinski definition) is 2. The van der Waals surface area contributed by atoms with Crippen LogP contribution in [0.2, 0.25) is 0 Å². The van der Waals surface area contributed by atoms with Gasteiger partial charge >= 0.3 is 5.97 Å². The fourth-order valence-electron chi connectivity index (χ4n) is 1.91. The molecule has 4 heteroatoms. The van der Waals surface area contributed by atoms with Gasteiger partial charge in [-0.3, -0.25) is 9.59 Å². The zero-order valence-electron chi connectivity index (χ0n) is 11.4. The monoisotopic (exact) mass is 263 g/mol. The van der Waals surface area contributed by atoms with Gasteiger partial charge in [0.25, 0.3) is 0 Å². The topological polar surface area (TPSA) is 66.4 Å². The Kier molecular flexibility index (Phi) is 6.06. The number of carboxylic acid groups (broad SMARTS) is 1. The summed E-state index contributed by atoms with van der Waals surface area (Å²) >= 11 is 0. The van der Waals surface area contributed by atoms with Gasteiger partial charge in [-0.05, 0) is 17.4 Å². The predicted molar refractivity (Wildman–Crippen MR) is 73.9 cm³/mol. The number of aliphatic carboxylic acids is 1. The summed E-state index contributed by atoms with van der Waals surface area (Å²) in [7, 11) is 0. The number of carbonyl (C=O) groups excluding carboxylic acids is 1. The predicted octanol–water partition coefficient (Wildman–Crippen LogP) is 2.41. The maximum Gasteiger partial charge on any atom is 0.303 e. The highest BCUT2D eigenvalue weighted by Gasteiger charge is 2.13. The van der Waals surface area contributed by atoms with E-state index in [0.29, 0.717) is 13.0 Å². The van der Waals surface area contributed by atoms with E-state index in [1.165, 1.54) is 0 Å². The van der Waals surface area contributed by atoms with Crippen molar-refractivity contribution >= 4 is 11.9 Å². The summed E-state index contributed by atoms with van der Waals surface area (Å²) in [5.74, 6) is -0.752. The number of carboxylic acids is 1. The standard InChI is InChI=1S/C15H21NO3/c1-11(8-15(18)19)10-16-14(17)9-12(2)13-6-4-3-5-7-13/h3-7,11-12H,8-10H2,1-2H3,(H,16,17)(H,18,19). The zero-order chi connectivity index (χ0) is 14.3. The summed E-state index contributed by atoms with van der Waals surface area (Å²) in [6.07, 6.45) is 0.498. The second-order valence-electron chi connectivity index (χ2n) is 5.02. The molecule has 0 saturated heterocycles. The zero-order valence-corrected chi connectivity index (χ0v) is 11.4. The van der Waals surface area contributed by atoms with Crippen molar-refractivity contribution < 1.29 is 14.7 Å². The van der Waals surface area contributed by atoms with E-state index in [0.717, 1.165) is 5.56 Å². The summed E-state index contributed by atoms with van der Waals surface area (Å²) in [5, 5.41) is 11.4. The summed E-state index contributed by atoms with van der Waals surface area (Å²) < 4.78 is 0. The van der Waals surface area contributed by atoms with Crippen molar-refractivity contribution in [3.63, 3.8) is 0 Å². The van der Waals surface area contributed by atoms with Gasteiger partial charge in [0.1, 0.15) is 0 Å². The maximum atomic E-state index is 11.8. The van der Waals surface area contributed by atoms with Crippen LogP contribution in [0.15, 0.2) is 30.3 Å². The molecule has 0 aliphatic rings. The van der Waals surface area contributed by atoms with Gasteiger partial charge < -0.3 is 10.4 Å². The lowest BCUT2D eigenvalue weighted by molar-refractivity contribution is -0.138. The van der Waals surface area contributed by atoms with Gasteiger partial charge in [-0.2, -0.15) is 0 Å². The second-order valence-corrected chi connectivity index (χ2v) is 5.02. The largest absolute Gasteiger partial charge is 0.481 e. The number of nitrogens with one attached hydrogen (secondary N) is 1. The van der Waals surface area contributed by atoms with E-state index in [-0.39, 0.29) is 24.2 Å². The molecule has 0 saturated carbocycles. The molecule has 19 heavy (non-hydrogen) atoms. The third-order valence-corrected chi connectivity index (χ3v) is 3.03. The number of hydrogen-bond acceptors (Lipinski definition) is 2. The molecule has 1 aromatic carbocycles. The minimum absolute atomic E-state index is 0.0337. The van der Waals surface area contributed by atoms with Crippen LogP contribution in [0.25, 0.3) is 0 Å². The number of rotatable bonds is 7. The van der Waals surface area contributed by atoms with Crippen LogP contribution >= 0.6 is 0 Å². The normalized spacial score (nSPS) is 13.6. The highest BCUT2D eigenvalue weighted by atomic mass is 16.4. The molecule has 2 N–H and O–H groups in total. The van der Waals surface area contributed by atoms with Crippen molar-refractivity contribution in [3.05, 3.63) is 35.9 Å². The van der Waals surface area contributed by atoms with Crippen molar-refractivity contribution in [2.24, 2.45) is 5.92 Å². The van der Waals surface area contributed by atoms with Crippen molar-refractivity contribution in [1.82, 2.24) is 5.32 Å². The van der Waals surface area contributed by atoms with Gasteiger partial charge in [0, 0.05) is 19.4 Å². The highest BCUT2D eigenvalue weighted by molar-refractivity contribution is 5.77. The smallest absolute Gasteiger partial charge is 0.303 e. The van der Waals surface area contributed by atoms with Crippen LogP contribution in [0.4, 0.5) is 0 Å². The molecule has 1 rings (SSSR count). The van der Waals surface area contributed by atoms with E-state index < -0.39 is 5.97 Å². The third-order valence-electron chi connectivity index (χ3n) is 3.03. The van der Waals surface area contributed by atoms with Gasteiger partial charge in [0.2, 0.25) is 5.91 Å². The van der Waals surface area contributed by atoms with Gasteiger partial charge in [-0.25, -0.2) is 0 Å². The molecule has 0 fully saturated rings. The summed E-state index contributed by atoms with van der Waals surface area (Å²) in [4.78, 5) is 22.3. The fraction of sp³-hybridized carbons (Fsp3) is 0.467. The minimum atomic E-state index is -0.834. The number of amides is 1. The van der Waals surface area contributed by atoms with Crippen LogP contribution in [0.1, 0.15) is 38.2 Å². The molecule has 0 radical (unpaired) electrons. The first-order valence-electron chi connectivity index (χ1n) is 6.52. The van der Waals surface area contributed by atoms with Crippen LogP contribution in [0, 0.1) is 5.92 Å². The summed E-state index contributed by atoms with van der Waals surface area (Å²) in [5.41, 5.74) is 1.14. The molecular formula is C15H21NO3. The Hall–Kier alpha value is -1.84. The van der Waals surface area contributed by atoms with Crippen molar-refractivity contribution in [2.75, 3.05) is 6.54 Å². The first-order valence-corrected chi connectivity index (χ1v) is 6.52. The molecular weight excluding hydrogens is 242 g/mol. The van der Waals surface area contributed by atoms with Gasteiger partial charge in [0.15, 0.2) is 0 Å². The van der Waals surface area contributed by atoms with E-state index in [2.05, 4.69) is 5.32 Å². The van der Waals surface area contributed by atoms with Gasteiger partial charge in [0.05, 0.1) is 0 Å². The molecule has 2 unspecified atom stereocenters. The molecule has 1 aromatic rings. The van der Waals surface area contributed by atoms with E-state index in [1.807, 2.05) is 44.2 Å². The van der Waals surface area contributed by atoms with Gasteiger partial charge in [-0.15, -0.1) is 0 Å². The molecule has 0 aromatic heterocycles. The second kappa shape index (κ2) is 7.56. The minimum Gasteiger partial charge on any atom is -0.481 e. The van der Waals surface area contributed by atoms with Crippen molar-refractivity contribution in [3.8, 4) is 0 Å². The molecule has 0 aliphatic heterocycles. The first-order chi connectivity index (χ1) is 8.99. The Labute approximate surface area is 113 Å². The molecule has 0 spiro atoms. The Morgan fingerprint density at radius 1 is 1.16 bits per heavy atom. The SMILES string of the molecule is CC(CNC(=O)CC(C)c1ccccc1)CC(=O)O. The van der Waals surface area contributed by atoms with E-state index in [9.17, 15) is 9.59 Å². The molecule has 104 valence electrons. The number of carbonyl (C=O) groups is 2.